The van der Waals surface area contributed by atoms with Gasteiger partial charge < -0.3 is 9.31 Å². The van der Waals surface area contributed by atoms with Gasteiger partial charge in [-0.2, -0.15) is 13.2 Å². The van der Waals surface area contributed by atoms with E-state index in [0.29, 0.717) is 0 Å². The third-order valence-corrected chi connectivity index (χ3v) is 4.02. The monoisotopic (exact) mass is 318 g/mol. The van der Waals surface area contributed by atoms with Crippen LogP contribution in [0.25, 0.3) is 0 Å². The number of ketones is 1. The van der Waals surface area contributed by atoms with Crippen LogP contribution in [0.3, 0.4) is 0 Å². The molecule has 120 valence electrons. The molecule has 0 aliphatic carbocycles. The lowest BCUT2D eigenvalue weighted by atomic mass is 9.78. The molecule has 0 radical (unpaired) electrons. The summed E-state index contributed by atoms with van der Waals surface area (Å²) in [5, 5.41) is 0. The van der Waals surface area contributed by atoms with Gasteiger partial charge in [0.1, 0.15) is 5.82 Å². The maximum absolute atomic E-state index is 13.8. The van der Waals surface area contributed by atoms with Crippen LogP contribution < -0.4 is 5.46 Å². The molecule has 1 aromatic rings. The molecule has 0 bridgehead atoms. The van der Waals surface area contributed by atoms with Crippen molar-refractivity contribution in [2.45, 2.75) is 45.1 Å². The topological polar surface area (TPSA) is 35.5 Å². The van der Waals surface area contributed by atoms with Crippen LogP contribution in [0.1, 0.15) is 38.1 Å². The fourth-order valence-electron chi connectivity index (χ4n) is 1.99. The van der Waals surface area contributed by atoms with Gasteiger partial charge in [0.05, 0.1) is 16.8 Å². The third kappa shape index (κ3) is 2.89. The molecule has 0 atom stereocenters. The molecule has 8 heteroatoms. The predicted molar refractivity (Wildman–Crippen MR) is 72.5 cm³/mol. The van der Waals surface area contributed by atoms with Crippen molar-refractivity contribution < 1.29 is 31.7 Å². The summed E-state index contributed by atoms with van der Waals surface area (Å²) in [6, 6.07) is 2.83. The minimum absolute atomic E-state index is 0.217. The highest BCUT2D eigenvalue weighted by Gasteiger charge is 2.52. The molecule has 1 aromatic carbocycles. The lowest BCUT2D eigenvalue weighted by molar-refractivity contribution is -0.0887. The van der Waals surface area contributed by atoms with Crippen molar-refractivity contribution in [2.24, 2.45) is 0 Å². The molecule has 1 aliphatic rings. The van der Waals surface area contributed by atoms with Gasteiger partial charge in [-0.05, 0) is 45.3 Å². The molecule has 3 nitrogen and oxygen atoms in total. The van der Waals surface area contributed by atoms with Gasteiger partial charge in [-0.15, -0.1) is 0 Å². The molecule has 0 saturated carbocycles. The van der Waals surface area contributed by atoms with Gasteiger partial charge in [0.15, 0.2) is 0 Å². The van der Waals surface area contributed by atoms with Crippen molar-refractivity contribution in [2.75, 3.05) is 0 Å². The van der Waals surface area contributed by atoms with Crippen molar-refractivity contribution in [3.05, 3.63) is 29.6 Å². The molecule has 0 amide bonds. The molecular weight excluding hydrogens is 303 g/mol. The van der Waals surface area contributed by atoms with Gasteiger partial charge in [-0.3, -0.25) is 4.79 Å². The molecule has 1 fully saturated rings. The second-order valence-corrected chi connectivity index (χ2v) is 6.15. The summed E-state index contributed by atoms with van der Waals surface area (Å²) in [5.41, 5.74) is -2.12. The van der Waals surface area contributed by atoms with Crippen LogP contribution in [-0.4, -0.2) is 30.3 Å². The number of Topliss-reactive ketones (excluding diaryl/α,β-unsaturated/α-hetero) is 1. The normalized spacial score (nSPS) is 20.3. The second-order valence-electron chi connectivity index (χ2n) is 6.15. The maximum atomic E-state index is 13.8. The minimum Gasteiger partial charge on any atom is -0.399 e. The average molecular weight is 318 g/mol. The van der Waals surface area contributed by atoms with Gasteiger partial charge in [0.25, 0.3) is 5.78 Å². The zero-order chi connectivity index (χ0) is 16.9. The zero-order valence-electron chi connectivity index (χ0n) is 12.5. The van der Waals surface area contributed by atoms with E-state index in [4.69, 9.17) is 9.31 Å². The molecule has 22 heavy (non-hydrogen) atoms. The molecule has 1 saturated heterocycles. The van der Waals surface area contributed by atoms with Gasteiger partial charge >= 0.3 is 13.3 Å². The number of carbonyl (C=O) groups is 1. The summed E-state index contributed by atoms with van der Waals surface area (Å²) in [5.74, 6) is -3.47. The van der Waals surface area contributed by atoms with Gasteiger partial charge in [0, 0.05) is 0 Å². The van der Waals surface area contributed by atoms with Crippen molar-refractivity contribution in [1.82, 2.24) is 0 Å². The Balaban J connectivity index is 2.30. The summed E-state index contributed by atoms with van der Waals surface area (Å²) in [4.78, 5) is 11.1. The molecule has 0 spiro atoms. The Morgan fingerprint density at radius 1 is 1.09 bits per heavy atom. The van der Waals surface area contributed by atoms with Gasteiger partial charge in [0.2, 0.25) is 0 Å². The summed E-state index contributed by atoms with van der Waals surface area (Å²) in [6.07, 6.45) is -5.12. The number of hydrogen-bond acceptors (Lipinski definition) is 3. The van der Waals surface area contributed by atoms with E-state index in [0.717, 1.165) is 12.1 Å². The Labute approximate surface area is 125 Å². The van der Waals surface area contributed by atoms with Crippen LogP contribution >= 0.6 is 0 Å². The molecule has 2 rings (SSSR count). The Morgan fingerprint density at radius 3 is 2.00 bits per heavy atom. The Morgan fingerprint density at radius 2 is 1.59 bits per heavy atom. The quantitative estimate of drug-likeness (QED) is 0.478. The number of alkyl halides is 3. The van der Waals surface area contributed by atoms with E-state index in [1.54, 1.807) is 27.7 Å². The first kappa shape index (κ1) is 17.0. The first-order valence-corrected chi connectivity index (χ1v) is 6.62. The first-order chi connectivity index (χ1) is 9.85. The standard InChI is InChI=1S/C14H15BF4O3/c1-12(2)13(3,4)22-15(21-12)8-5-6-9(10(16)7-8)11(20)14(17,18)19/h5-7H,1-4H3. The van der Waals surface area contributed by atoms with Crippen molar-refractivity contribution in [3.63, 3.8) is 0 Å². The molecule has 1 aliphatic heterocycles. The van der Waals surface area contributed by atoms with E-state index in [1.165, 1.54) is 6.07 Å². The average Bonchev–Trinajstić information content (AvgIpc) is 2.56. The number of hydrogen-bond donors (Lipinski definition) is 0. The lowest BCUT2D eigenvalue weighted by Crippen LogP contribution is -2.41. The van der Waals surface area contributed by atoms with E-state index in [1.807, 2.05) is 0 Å². The summed E-state index contributed by atoms with van der Waals surface area (Å²) >= 11 is 0. The highest BCUT2D eigenvalue weighted by molar-refractivity contribution is 6.62. The van der Waals surface area contributed by atoms with Crippen LogP contribution in [0.4, 0.5) is 17.6 Å². The van der Waals surface area contributed by atoms with Gasteiger partial charge in [-0.25, -0.2) is 4.39 Å². The number of benzene rings is 1. The third-order valence-electron chi connectivity index (χ3n) is 4.02. The fourth-order valence-corrected chi connectivity index (χ4v) is 1.99. The molecule has 0 N–H and O–H groups in total. The number of rotatable bonds is 2. The van der Waals surface area contributed by atoms with Crippen molar-refractivity contribution in [1.29, 1.82) is 0 Å². The number of halogens is 4. The highest BCUT2D eigenvalue weighted by atomic mass is 19.4. The van der Waals surface area contributed by atoms with Gasteiger partial charge in [-0.1, -0.05) is 6.07 Å². The molecule has 0 unspecified atom stereocenters. The number of carbonyl (C=O) groups excluding carboxylic acids is 1. The summed E-state index contributed by atoms with van der Waals surface area (Å²) in [6.45, 7) is 7.19. The van der Waals surface area contributed by atoms with Crippen molar-refractivity contribution >= 4 is 18.4 Å². The minimum atomic E-state index is -5.12. The van der Waals surface area contributed by atoms with Crippen LogP contribution in [0.5, 0.6) is 0 Å². The summed E-state index contributed by atoms with van der Waals surface area (Å²) in [7, 11) is -0.908. The van der Waals surface area contributed by atoms with Crippen LogP contribution in [-0.2, 0) is 9.31 Å². The van der Waals surface area contributed by atoms with Crippen LogP contribution in [0.2, 0.25) is 0 Å². The van der Waals surface area contributed by atoms with E-state index >= 15 is 0 Å². The molecule has 1 heterocycles. The van der Waals surface area contributed by atoms with E-state index in [2.05, 4.69) is 0 Å². The molecular formula is C14H15BF4O3. The van der Waals surface area contributed by atoms with E-state index in [-0.39, 0.29) is 5.46 Å². The second kappa shape index (κ2) is 5.06. The van der Waals surface area contributed by atoms with Crippen LogP contribution in [0.15, 0.2) is 18.2 Å². The SMILES string of the molecule is CC1(C)OB(c2ccc(C(=O)C(F)(F)F)c(F)c2)OC1(C)C. The Kier molecular flexibility index (Phi) is 3.90. The largest absolute Gasteiger partial charge is 0.494 e. The van der Waals surface area contributed by atoms with Crippen LogP contribution in [0, 0.1) is 5.82 Å². The van der Waals surface area contributed by atoms with E-state index < -0.39 is 41.7 Å². The fraction of sp³-hybridized carbons (Fsp3) is 0.500. The first-order valence-electron chi connectivity index (χ1n) is 6.62. The Hall–Kier alpha value is -1.41. The maximum Gasteiger partial charge on any atom is 0.494 e. The Bertz CT molecular complexity index is 595. The smallest absolute Gasteiger partial charge is 0.399 e. The highest BCUT2D eigenvalue weighted by Crippen LogP contribution is 2.36. The predicted octanol–water partition coefficient (Wildman–Crippen LogP) is 2.87. The van der Waals surface area contributed by atoms with E-state index in [9.17, 15) is 22.4 Å². The molecule has 0 aromatic heterocycles. The van der Waals surface area contributed by atoms with Crippen molar-refractivity contribution in [3.8, 4) is 0 Å². The zero-order valence-corrected chi connectivity index (χ0v) is 12.5. The lowest BCUT2D eigenvalue weighted by Gasteiger charge is -2.32. The summed E-state index contributed by atoms with van der Waals surface area (Å²) < 4.78 is 62.3.